The fraction of sp³-hybridized carbons (Fsp3) is 0.312. The van der Waals surface area contributed by atoms with E-state index in [4.69, 9.17) is 4.74 Å². The minimum Gasteiger partial charge on any atom is -0.496 e. The summed E-state index contributed by atoms with van der Waals surface area (Å²) in [4.78, 5) is 13.5. The molecule has 0 saturated heterocycles. The fourth-order valence-corrected chi connectivity index (χ4v) is 3.14. The van der Waals surface area contributed by atoms with Crippen LogP contribution in [-0.4, -0.2) is 12.9 Å². The van der Waals surface area contributed by atoms with Gasteiger partial charge in [0.15, 0.2) is 0 Å². The first kappa shape index (κ1) is 13.8. The molecule has 0 fully saturated rings. The van der Waals surface area contributed by atoms with Crippen molar-refractivity contribution in [2.24, 2.45) is 0 Å². The summed E-state index contributed by atoms with van der Waals surface area (Å²) in [5.41, 5.74) is 3.85. The van der Waals surface area contributed by atoms with Crippen molar-refractivity contribution in [2.75, 3.05) is 7.11 Å². The number of ether oxygens (including phenoxy) is 1. The summed E-state index contributed by atoms with van der Waals surface area (Å²) in [7, 11) is 1.65. The highest BCUT2D eigenvalue weighted by Gasteiger charge is 2.17. The molecule has 0 aliphatic rings. The van der Waals surface area contributed by atoms with E-state index < -0.39 is 0 Å². The minimum absolute atomic E-state index is 0.120. The second kappa shape index (κ2) is 5.57. The highest BCUT2D eigenvalue weighted by Crippen LogP contribution is 2.27. The summed E-state index contributed by atoms with van der Waals surface area (Å²) in [5, 5.41) is 1.98. The molecule has 0 amide bonds. The second-order valence-electron chi connectivity index (χ2n) is 4.59. The van der Waals surface area contributed by atoms with Gasteiger partial charge in [-0.2, -0.15) is 0 Å². The highest BCUT2D eigenvalue weighted by atomic mass is 32.1. The Labute approximate surface area is 118 Å². The Morgan fingerprint density at radius 3 is 2.63 bits per heavy atom. The van der Waals surface area contributed by atoms with Gasteiger partial charge in [-0.1, -0.05) is 6.92 Å². The second-order valence-corrected chi connectivity index (χ2v) is 5.51. The topological polar surface area (TPSA) is 26.3 Å². The Kier molecular flexibility index (Phi) is 4.05. The van der Waals surface area contributed by atoms with Crippen LogP contribution in [0, 0.1) is 13.8 Å². The van der Waals surface area contributed by atoms with Gasteiger partial charge in [-0.25, -0.2) is 0 Å². The molecular formula is C16H18O2S. The van der Waals surface area contributed by atoms with Crippen LogP contribution in [0.5, 0.6) is 5.75 Å². The Morgan fingerprint density at radius 1 is 1.26 bits per heavy atom. The smallest absolute Gasteiger partial charge is 0.203 e. The molecule has 0 spiro atoms. The van der Waals surface area contributed by atoms with Crippen molar-refractivity contribution in [3.8, 4) is 5.75 Å². The molecule has 3 heteroatoms. The molecule has 1 aromatic heterocycles. The van der Waals surface area contributed by atoms with Gasteiger partial charge in [0, 0.05) is 5.56 Å². The van der Waals surface area contributed by atoms with Crippen molar-refractivity contribution in [3.05, 3.63) is 50.7 Å². The third-order valence-corrected chi connectivity index (χ3v) is 4.28. The summed E-state index contributed by atoms with van der Waals surface area (Å²) in [6.45, 7) is 5.99. The minimum atomic E-state index is 0.120. The summed E-state index contributed by atoms with van der Waals surface area (Å²) in [5.74, 6) is 0.950. The lowest BCUT2D eigenvalue weighted by atomic mass is 9.98. The summed E-state index contributed by atoms with van der Waals surface area (Å²) in [6.07, 6.45) is 0.888. The van der Waals surface area contributed by atoms with Gasteiger partial charge >= 0.3 is 0 Å². The number of thiophene rings is 1. The first-order valence-electron chi connectivity index (χ1n) is 6.34. The van der Waals surface area contributed by atoms with E-state index >= 15 is 0 Å². The van der Waals surface area contributed by atoms with Crippen molar-refractivity contribution < 1.29 is 9.53 Å². The number of carbonyl (C=O) groups excluding carboxylic acids is 1. The predicted octanol–water partition coefficient (Wildman–Crippen LogP) is 4.17. The lowest BCUT2D eigenvalue weighted by molar-refractivity contribution is 0.104. The monoisotopic (exact) mass is 274 g/mol. The zero-order chi connectivity index (χ0) is 14.0. The van der Waals surface area contributed by atoms with Crippen LogP contribution in [0.1, 0.15) is 38.8 Å². The molecule has 0 N–H and O–H groups in total. The summed E-state index contributed by atoms with van der Waals surface area (Å²) < 4.78 is 5.29. The zero-order valence-electron chi connectivity index (χ0n) is 11.7. The van der Waals surface area contributed by atoms with E-state index in [9.17, 15) is 4.79 Å². The first-order chi connectivity index (χ1) is 9.08. The van der Waals surface area contributed by atoms with Gasteiger partial charge in [0.2, 0.25) is 5.78 Å². The quantitative estimate of drug-likeness (QED) is 0.782. The molecule has 19 heavy (non-hydrogen) atoms. The first-order valence-corrected chi connectivity index (χ1v) is 7.22. The summed E-state index contributed by atoms with van der Waals surface area (Å²) in [6, 6.07) is 5.89. The van der Waals surface area contributed by atoms with E-state index in [-0.39, 0.29) is 5.78 Å². The zero-order valence-corrected chi connectivity index (χ0v) is 12.6. The molecule has 0 aliphatic carbocycles. The average Bonchev–Trinajstić information content (AvgIpc) is 2.88. The van der Waals surface area contributed by atoms with Gasteiger partial charge in [0.25, 0.3) is 0 Å². The van der Waals surface area contributed by atoms with Crippen molar-refractivity contribution in [2.45, 2.75) is 27.2 Å². The van der Waals surface area contributed by atoms with Crippen LogP contribution < -0.4 is 4.74 Å². The van der Waals surface area contributed by atoms with Crippen LogP contribution in [-0.2, 0) is 6.42 Å². The van der Waals surface area contributed by atoms with E-state index in [1.165, 1.54) is 11.3 Å². The Hall–Kier alpha value is -1.61. The lowest BCUT2D eigenvalue weighted by Crippen LogP contribution is -2.05. The standard InChI is InChI=1S/C16H18O2S/c1-5-12-6-7-19-16(12)15(17)13-8-11(3)14(18-4)9-10(13)2/h6-9H,5H2,1-4H3. The predicted molar refractivity (Wildman–Crippen MR) is 79.6 cm³/mol. The summed E-state index contributed by atoms with van der Waals surface area (Å²) >= 11 is 1.52. The van der Waals surface area contributed by atoms with Gasteiger partial charge in [-0.05, 0) is 60.5 Å². The Morgan fingerprint density at radius 2 is 2.00 bits per heavy atom. The number of methoxy groups -OCH3 is 1. The average molecular weight is 274 g/mol. The molecule has 0 radical (unpaired) electrons. The molecule has 0 saturated carbocycles. The molecule has 2 aromatic rings. The number of benzene rings is 1. The van der Waals surface area contributed by atoms with Gasteiger partial charge < -0.3 is 4.74 Å². The molecule has 100 valence electrons. The Bertz CT molecular complexity index is 611. The molecular weight excluding hydrogens is 256 g/mol. The number of ketones is 1. The van der Waals surface area contributed by atoms with Gasteiger partial charge in [0.05, 0.1) is 12.0 Å². The molecule has 0 atom stereocenters. The van der Waals surface area contributed by atoms with Crippen molar-refractivity contribution >= 4 is 17.1 Å². The fourth-order valence-electron chi connectivity index (χ4n) is 2.19. The van der Waals surface area contributed by atoms with Gasteiger partial charge in [-0.3, -0.25) is 4.79 Å². The number of hydrogen-bond acceptors (Lipinski definition) is 3. The van der Waals surface area contributed by atoms with E-state index in [0.29, 0.717) is 0 Å². The van der Waals surface area contributed by atoms with Crippen LogP contribution in [0.3, 0.4) is 0 Å². The van der Waals surface area contributed by atoms with Crippen LogP contribution >= 0.6 is 11.3 Å². The third kappa shape index (κ3) is 2.56. The van der Waals surface area contributed by atoms with E-state index in [0.717, 1.165) is 39.3 Å². The van der Waals surface area contributed by atoms with Gasteiger partial charge in [0.1, 0.15) is 5.75 Å². The SMILES string of the molecule is CCc1ccsc1C(=O)c1cc(C)c(OC)cc1C. The van der Waals surface area contributed by atoms with Crippen LogP contribution in [0.4, 0.5) is 0 Å². The number of aryl methyl sites for hydroxylation is 3. The molecule has 0 bridgehead atoms. The molecule has 2 nitrogen and oxygen atoms in total. The lowest BCUT2D eigenvalue weighted by Gasteiger charge is -2.10. The van der Waals surface area contributed by atoms with Crippen LogP contribution in [0.25, 0.3) is 0 Å². The van der Waals surface area contributed by atoms with Crippen LogP contribution in [0.2, 0.25) is 0 Å². The van der Waals surface area contributed by atoms with Crippen molar-refractivity contribution in [1.29, 1.82) is 0 Å². The number of carbonyl (C=O) groups is 1. The molecule has 1 heterocycles. The molecule has 0 unspecified atom stereocenters. The third-order valence-electron chi connectivity index (χ3n) is 3.32. The largest absolute Gasteiger partial charge is 0.496 e. The number of hydrogen-bond donors (Lipinski definition) is 0. The normalized spacial score (nSPS) is 10.5. The maximum atomic E-state index is 12.6. The van der Waals surface area contributed by atoms with Crippen molar-refractivity contribution in [1.82, 2.24) is 0 Å². The van der Waals surface area contributed by atoms with E-state index in [2.05, 4.69) is 6.92 Å². The maximum absolute atomic E-state index is 12.6. The molecule has 1 aromatic carbocycles. The number of rotatable bonds is 4. The van der Waals surface area contributed by atoms with Crippen molar-refractivity contribution in [3.63, 3.8) is 0 Å². The van der Waals surface area contributed by atoms with Crippen LogP contribution in [0.15, 0.2) is 23.6 Å². The Balaban J connectivity index is 2.48. The van der Waals surface area contributed by atoms with E-state index in [1.807, 2.05) is 37.4 Å². The van der Waals surface area contributed by atoms with Gasteiger partial charge in [-0.15, -0.1) is 11.3 Å². The molecule has 2 rings (SSSR count). The van der Waals surface area contributed by atoms with E-state index in [1.54, 1.807) is 7.11 Å². The highest BCUT2D eigenvalue weighted by molar-refractivity contribution is 7.12. The maximum Gasteiger partial charge on any atom is 0.203 e. The molecule has 0 aliphatic heterocycles.